The van der Waals surface area contributed by atoms with Crippen LogP contribution in [0.4, 0.5) is 5.13 Å². The van der Waals surface area contributed by atoms with Gasteiger partial charge in [-0.2, -0.15) is 14.6 Å². The fourth-order valence-electron chi connectivity index (χ4n) is 2.01. The average Bonchev–Trinajstić information content (AvgIpc) is 3.14. The maximum atomic E-state index is 12.4. The lowest BCUT2D eigenvalue weighted by atomic mass is 10.1. The number of hydrogen-bond donors (Lipinski definition) is 1. The van der Waals surface area contributed by atoms with Crippen molar-refractivity contribution in [3.63, 3.8) is 0 Å². The summed E-state index contributed by atoms with van der Waals surface area (Å²) in [6, 6.07) is 6.72. The van der Waals surface area contributed by atoms with Crippen LogP contribution >= 0.6 is 11.5 Å². The van der Waals surface area contributed by atoms with Crippen molar-refractivity contribution in [3.05, 3.63) is 29.3 Å². The van der Waals surface area contributed by atoms with E-state index in [-0.39, 0.29) is 15.9 Å². The van der Waals surface area contributed by atoms with E-state index in [0.29, 0.717) is 17.1 Å². The van der Waals surface area contributed by atoms with Gasteiger partial charge in [-0.1, -0.05) is 6.07 Å². The Morgan fingerprint density at radius 3 is 2.54 bits per heavy atom. The van der Waals surface area contributed by atoms with Crippen LogP contribution in [-0.4, -0.2) is 43.2 Å². The lowest BCUT2D eigenvalue weighted by molar-refractivity contribution is -0.112. The first-order valence-electron chi connectivity index (χ1n) is 7.95. The molecule has 1 heterocycles. The molecule has 28 heavy (non-hydrogen) atoms. The molecule has 148 valence electrons. The molecular weight excluding hydrogens is 404 g/mol. The van der Waals surface area contributed by atoms with Crippen molar-refractivity contribution in [1.82, 2.24) is 9.36 Å². The molecule has 11 heteroatoms. The van der Waals surface area contributed by atoms with Crippen LogP contribution in [0.1, 0.15) is 19.4 Å². The lowest BCUT2D eigenvalue weighted by Gasteiger charge is -2.08. The van der Waals surface area contributed by atoms with Gasteiger partial charge in [0.05, 0.1) is 19.5 Å². The Morgan fingerprint density at radius 1 is 1.29 bits per heavy atom. The average molecular weight is 422 g/mol. The van der Waals surface area contributed by atoms with Gasteiger partial charge in [0.1, 0.15) is 11.6 Å². The van der Waals surface area contributed by atoms with Crippen LogP contribution in [0.5, 0.6) is 11.5 Å². The van der Waals surface area contributed by atoms with Gasteiger partial charge in [0.2, 0.25) is 15.0 Å². The molecule has 9 nitrogen and oxygen atoms in total. The van der Waals surface area contributed by atoms with Crippen LogP contribution < -0.4 is 14.8 Å². The molecule has 0 atom stereocenters. The number of hydrogen-bond acceptors (Lipinski definition) is 9. The van der Waals surface area contributed by atoms with Crippen LogP contribution in [0.3, 0.4) is 0 Å². The molecule has 1 aromatic carbocycles. The number of nitrogens with zero attached hydrogens (tertiary/aromatic N) is 3. The quantitative estimate of drug-likeness (QED) is 0.531. The Hall–Kier alpha value is -2.97. The molecule has 0 aliphatic heterocycles. The van der Waals surface area contributed by atoms with Crippen LogP contribution in [0.15, 0.2) is 28.9 Å². The van der Waals surface area contributed by atoms with Gasteiger partial charge in [-0.05, 0) is 37.6 Å². The van der Waals surface area contributed by atoms with Crippen molar-refractivity contribution < 1.29 is 22.7 Å². The normalized spacial score (nSPS) is 11.8. The topological polar surface area (TPSA) is 131 Å². The summed E-state index contributed by atoms with van der Waals surface area (Å²) in [7, 11) is -0.678. The zero-order valence-corrected chi connectivity index (χ0v) is 17.2. The molecule has 0 radical (unpaired) electrons. The summed E-state index contributed by atoms with van der Waals surface area (Å²) < 4.78 is 38.2. The van der Waals surface area contributed by atoms with Crippen molar-refractivity contribution in [1.29, 1.82) is 5.26 Å². The molecular formula is C17H18N4O5S2. The van der Waals surface area contributed by atoms with E-state index in [2.05, 4.69) is 14.7 Å². The number of carbonyl (C=O) groups excluding carboxylic acids is 1. The molecule has 0 fully saturated rings. The van der Waals surface area contributed by atoms with E-state index in [0.717, 1.165) is 11.5 Å². The third kappa shape index (κ3) is 4.65. The summed E-state index contributed by atoms with van der Waals surface area (Å²) in [6.07, 6.45) is 1.37. The van der Waals surface area contributed by atoms with E-state index in [4.69, 9.17) is 9.47 Å². The summed E-state index contributed by atoms with van der Waals surface area (Å²) >= 11 is 0.722. The zero-order chi connectivity index (χ0) is 20.9. The molecule has 0 saturated heterocycles. The molecule has 0 spiro atoms. The molecule has 2 rings (SSSR count). The van der Waals surface area contributed by atoms with Gasteiger partial charge < -0.3 is 9.47 Å². The van der Waals surface area contributed by atoms with Gasteiger partial charge in [-0.3, -0.25) is 10.1 Å². The van der Waals surface area contributed by atoms with Gasteiger partial charge in [0.15, 0.2) is 11.5 Å². The van der Waals surface area contributed by atoms with Crippen molar-refractivity contribution in [2.24, 2.45) is 0 Å². The Labute approximate surface area is 166 Å². The van der Waals surface area contributed by atoms with E-state index in [1.165, 1.54) is 34.1 Å². The van der Waals surface area contributed by atoms with E-state index in [1.807, 2.05) is 6.07 Å². The van der Waals surface area contributed by atoms with Gasteiger partial charge in [0.25, 0.3) is 11.1 Å². The smallest absolute Gasteiger partial charge is 0.268 e. The Morgan fingerprint density at radius 2 is 1.96 bits per heavy atom. The molecule has 1 aromatic heterocycles. The number of sulfone groups is 1. The van der Waals surface area contributed by atoms with E-state index in [1.54, 1.807) is 18.2 Å². The number of anilines is 1. The summed E-state index contributed by atoms with van der Waals surface area (Å²) in [5.74, 6) is 0.221. The predicted octanol–water partition coefficient (Wildman–Crippen LogP) is 2.28. The number of benzene rings is 1. The summed E-state index contributed by atoms with van der Waals surface area (Å²) in [4.78, 5) is 16.2. The van der Waals surface area contributed by atoms with Gasteiger partial charge in [-0.15, -0.1) is 0 Å². The van der Waals surface area contributed by atoms with E-state index in [9.17, 15) is 18.5 Å². The largest absolute Gasteiger partial charge is 0.493 e. The van der Waals surface area contributed by atoms with Crippen molar-refractivity contribution in [3.8, 4) is 17.6 Å². The number of ether oxygens (including phenoxy) is 2. The second kappa shape index (κ2) is 8.81. The first kappa shape index (κ1) is 21.3. The predicted molar refractivity (Wildman–Crippen MR) is 104 cm³/mol. The van der Waals surface area contributed by atoms with Crippen molar-refractivity contribution in [2.75, 3.05) is 19.5 Å². The number of aromatic nitrogens is 2. The molecule has 0 unspecified atom stereocenters. The molecule has 2 aromatic rings. The Balaban J connectivity index is 2.24. The fourth-order valence-corrected chi connectivity index (χ4v) is 3.71. The highest BCUT2D eigenvalue weighted by molar-refractivity contribution is 7.91. The first-order chi connectivity index (χ1) is 13.2. The van der Waals surface area contributed by atoms with Crippen molar-refractivity contribution in [2.45, 2.75) is 24.3 Å². The minimum Gasteiger partial charge on any atom is -0.493 e. The molecule has 1 N–H and O–H groups in total. The van der Waals surface area contributed by atoms with Gasteiger partial charge in [0, 0.05) is 11.5 Å². The highest BCUT2D eigenvalue weighted by Gasteiger charge is 2.25. The minimum atomic E-state index is -3.65. The Kier molecular flexibility index (Phi) is 6.71. The number of methoxy groups -OCH3 is 2. The molecule has 0 bridgehead atoms. The fraction of sp³-hybridized carbons (Fsp3) is 0.294. The second-order valence-corrected chi connectivity index (χ2v) is 8.86. The summed E-state index contributed by atoms with van der Waals surface area (Å²) in [5.41, 5.74) is 0.348. The Bertz CT molecular complexity index is 1050. The standard InChI is InChI=1S/C17H18N4O5S2/c1-10(2)28(23,24)17-20-16(27-21-17)19-15(22)12(9-18)7-11-5-6-13(25-3)14(8-11)26-4/h5-8,10H,1-4H3,(H,19,20,21,22)/b12-7-. The first-order valence-corrected chi connectivity index (χ1v) is 10.3. The van der Waals surface area contributed by atoms with Crippen LogP contribution in [0.25, 0.3) is 6.08 Å². The number of carbonyl (C=O) groups is 1. The van der Waals surface area contributed by atoms with Crippen molar-refractivity contribution >= 4 is 38.5 Å². The number of nitrogens with one attached hydrogen (secondary N) is 1. The third-order valence-electron chi connectivity index (χ3n) is 3.59. The second-order valence-electron chi connectivity index (χ2n) is 5.71. The summed E-state index contributed by atoms with van der Waals surface area (Å²) in [5, 5.41) is 10.6. The van der Waals surface area contributed by atoms with E-state index >= 15 is 0 Å². The number of rotatable bonds is 7. The molecule has 0 aliphatic rings. The third-order valence-corrected chi connectivity index (χ3v) is 6.27. The molecule has 0 saturated carbocycles. The maximum absolute atomic E-state index is 12.4. The number of nitriles is 1. The maximum Gasteiger partial charge on any atom is 0.268 e. The lowest BCUT2D eigenvalue weighted by Crippen LogP contribution is -2.16. The highest BCUT2D eigenvalue weighted by Crippen LogP contribution is 2.28. The summed E-state index contributed by atoms with van der Waals surface area (Å²) in [6.45, 7) is 3.02. The van der Waals surface area contributed by atoms with Gasteiger partial charge in [-0.25, -0.2) is 8.42 Å². The minimum absolute atomic E-state index is 0.0160. The monoisotopic (exact) mass is 422 g/mol. The number of amides is 1. The molecule has 1 amide bonds. The zero-order valence-electron chi connectivity index (χ0n) is 15.6. The van der Waals surface area contributed by atoms with Crippen LogP contribution in [0, 0.1) is 11.3 Å². The molecule has 0 aliphatic carbocycles. The van der Waals surface area contributed by atoms with Crippen LogP contribution in [-0.2, 0) is 14.6 Å². The van der Waals surface area contributed by atoms with E-state index < -0.39 is 21.0 Å². The van der Waals surface area contributed by atoms with Gasteiger partial charge >= 0.3 is 0 Å². The van der Waals surface area contributed by atoms with Crippen LogP contribution in [0.2, 0.25) is 0 Å². The SMILES string of the molecule is COc1ccc(/C=C(/C#N)C(=O)Nc2nc(S(=O)(=O)C(C)C)ns2)cc1OC. The highest BCUT2D eigenvalue weighted by atomic mass is 32.2.